The highest BCUT2D eigenvalue weighted by atomic mass is 16.5. The number of pyridine rings is 1. The number of hydrogen-bond acceptors (Lipinski definition) is 4. The van der Waals surface area contributed by atoms with E-state index in [0.717, 1.165) is 12.0 Å². The molecule has 0 aliphatic carbocycles. The third kappa shape index (κ3) is 4.08. The van der Waals surface area contributed by atoms with Gasteiger partial charge in [0.05, 0.1) is 19.7 Å². The van der Waals surface area contributed by atoms with Crippen LogP contribution in [0.2, 0.25) is 0 Å². The lowest BCUT2D eigenvalue weighted by atomic mass is 10.0. The van der Waals surface area contributed by atoms with Crippen molar-refractivity contribution in [1.82, 2.24) is 15.2 Å². The fourth-order valence-corrected chi connectivity index (χ4v) is 2.96. The van der Waals surface area contributed by atoms with Gasteiger partial charge in [0, 0.05) is 24.5 Å². The van der Waals surface area contributed by atoms with Crippen LogP contribution in [0.3, 0.4) is 0 Å². The highest BCUT2D eigenvalue weighted by Gasteiger charge is 2.26. The predicted octanol–water partition coefficient (Wildman–Crippen LogP) is 2.35. The third-order valence-electron chi connectivity index (χ3n) is 4.33. The fourth-order valence-electron chi connectivity index (χ4n) is 2.96. The van der Waals surface area contributed by atoms with Crippen LogP contribution in [0.15, 0.2) is 60.9 Å². The number of aromatic nitrogens is 1. The molecular weight excluding hydrogens is 330 g/mol. The quantitative estimate of drug-likeness (QED) is 0.840. The van der Waals surface area contributed by atoms with Gasteiger partial charge in [0.15, 0.2) is 0 Å². The number of methoxy groups -OCH3 is 1. The number of hydrogen-bond donors (Lipinski definition) is 1. The van der Waals surface area contributed by atoms with Gasteiger partial charge in [0.25, 0.3) is 5.91 Å². The maximum absolute atomic E-state index is 12.7. The van der Waals surface area contributed by atoms with Gasteiger partial charge in [-0.15, -0.1) is 0 Å². The summed E-state index contributed by atoms with van der Waals surface area (Å²) >= 11 is 0. The molecule has 0 saturated heterocycles. The van der Waals surface area contributed by atoms with Crippen molar-refractivity contribution in [2.75, 3.05) is 20.2 Å². The smallest absolute Gasteiger partial charge is 0.251 e. The number of ether oxygens (including phenoxy) is 1. The van der Waals surface area contributed by atoms with Crippen LogP contribution in [-0.4, -0.2) is 41.9 Å². The zero-order valence-corrected chi connectivity index (χ0v) is 14.6. The Bertz CT molecular complexity index is 805. The molecule has 1 unspecified atom stereocenters. The Labute approximate surface area is 152 Å². The minimum absolute atomic E-state index is 0.0549. The molecule has 0 saturated carbocycles. The molecule has 0 radical (unpaired) electrons. The Morgan fingerprint density at radius 1 is 1.27 bits per heavy atom. The van der Waals surface area contributed by atoms with Crippen LogP contribution in [0.4, 0.5) is 0 Å². The molecule has 26 heavy (non-hydrogen) atoms. The van der Waals surface area contributed by atoms with E-state index in [1.807, 2.05) is 18.2 Å². The van der Waals surface area contributed by atoms with E-state index in [0.29, 0.717) is 17.9 Å². The molecular formula is C20H21N3O3. The molecule has 1 aliphatic heterocycles. The topological polar surface area (TPSA) is 71.5 Å². The number of carbonyl (C=O) groups is 2. The van der Waals surface area contributed by atoms with E-state index in [4.69, 9.17) is 4.74 Å². The van der Waals surface area contributed by atoms with Crippen LogP contribution in [0.5, 0.6) is 5.75 Å². The van der Waals surface area contributed by atoms with E-state index >= 15 is 0 Å². The van der Waals surface area contributed by atoms with Gasteiger partial charge in [-0.25, -0.2) is 0 Å². The van der Waals surface area contributed by atoms with Crippen LogP contribution in [0.1, 0.15) is 28.4 Å². The lowest BCUT2D eigenvalue weighted by Gasteiger charge is -2.33. The monoisotopic (exact) mass is 351 g/mol. The number of carbonyl (C=O) groups excluding carboxylic acids is 2. The Kier molecular flexibility index (Phi) is 5.63. The lowest BCUT2D eigenvalue weighted by Crippen LogP contribution is -2.43. The zero-order valence-electron chi connectivity index (χ0n) is 14.6. The summed E-state index contributed by atoms with van der Waals surface area (Å²) in [4.78, 5) is 30.9. The van der Waals surface area contributed by atoms with Crippen molar-refractivity contribution in [2.45, 2.75) is 12.5 Å². The molecule has 6 nitrogen and oxygen atoms in total. The summed E-state index contributed by atoms with van der Waals surface area (Å²) in [6.07, 6.45) is 8.26. The number of nitrogens with one attached hydrogen (secondary N) is 1. The summed E-state index contributed by atoms with van der Waals surface area (Å²) in [7, 11) is 1.54. The van der Waals surface area contributed by atoms with Crippen LogP contribution in [-0.2, 0) is 4.79 Å². The van der Waals surface area contributed by atoms with E-state index in [-0.39, 0.29) is 24.4 Å². The number of benzene rings is 1. The molecule has 3 rings (SSSR count). The molecule has 1 aromatic carbocycles. The van der Waals surface area contributed by atoms with Gasteiger partial charge in [-0.3, -0.25) is 14.6 Å². The van der Waals surface area contributed by atoms with Crippen LogP contribution in [0, 0.1) is 0 Å². The van der Waals surface area contributed by atoms with Gasteiger partial charge >= 0.3 is 0 Å². The maximum Gasteiger partial charge on any atom is 0.251 e. The average Bonchev–Trinajstić information content (AvgIpc) is 2.72. The molecule has 0 bridgehead atoms. The van der Waals surface area contributed by atoms with Gasteiger partial charge in [0.1, 0.15) is 5.75 Å². The highest BCUT2D eigenvalue weighted by molar-refractivity contribution is 5.96. The molecule has 1 aromatic heterocycles. The van der Waals surface area contributed by atoms with Crippen LogP contribution in [0.25, 0.3) is 0 Å². The molecule has 134 valence electrons. The van der Waals surface area contributed by atoms with Crippen molar-refractivity contribution in [3.05, 3.63) is 72.1 Å². The van der Waals surface area contributed by atoms with Gasteiger partial charge < -0.3 is 15.0 Å². The Morgan fingerprint density at radius 2 is 2.15 bits per heavy atom. The lowest BCUT2D eigenvalue weighted by molar-refractivity contribution is -0.132. The highest BCUT2D eigenvalue weighted by Crippen LogP contribution is 2.27. The van der Waals surface area contributed by atoms with Gasteiger partial charge in [-0.2, -0.15) is 0 Å². The van der Waals surface area contributed by atoms with Crippen molar-refractivity contribution < 1.29 is 14.3 Å². The SMILES string of the molecule is COc1cccc(C(=O)NCC(=O)N2CC=CCC2c2cccnc2)c1. The molecule has 0 fully saturated rings. The van der Waals surface area contributed by atoms with Gasteiger partial charge in [-0.1, -0.05) is 24.3 Å². The summed E-state index contributed by atoms with van der Waals surface area (Å²) < 4.78 is 5.12. The molecule has 1 atom stereocenters. The number of rotatable bonds is 5. The average molecular weight is 351 g/mol. The first-order chi connectivity index (χ1) is 12.7. The second kappa shape index (κ2) is 8.29. The summed E-state index contributed by atoms with van der Waals surface area (Å²) in [6.45, 7) is 0.466. The summed E-state index contributed by atoms with van der Waals surface area (Å²) in [6, 6.07) is 10.6. The summed E-state index contributed by atoms with van der Waals surface area (Å²) in [5.41, 5.74) is 1.45. The van der Waals surface area contributed by atoms with Gasteiger partial charge in [0.2, 0.25) is 5.91 Å². The Morgan fingerprint density at radius 3 is 2.92 bits per heavy atom. The zero-order chi connectivity index (χ0) is 18.4. The first-order valence-corrected chi connectivity index (χ1v) is 8.45. The molecule has 2 heterocycles. The molecule has 2 amide bonds. The summed E-state index contributed by atoms with van der Waals surface area (Å²) in [5, 5.41) is 2.69. The van der Waals surface area contributed by atoms with Crippen molar-refractivity contribution >= 4 is 11.8 Å². The fraction of sp³-hybridized carbons (Fsp3) is 0.250. The molecule has 6 heteroatoms. The van der Waals surface area contributed by atoms with E-state index in [2.05, 4.69) is 16.4 Å². The minimum Gasteiger partial charge on any atom is -0.497 e. The molecule has 0 spiro atoms. The Hall–Kier alpha value is -3.15. The van der Waals surface area contributed by atoms with E-state index in [1.54, 1.807) is 48.7 Å². The van der Waals surface area contributed by atoms with Gasteiger partial charge in [-0.05, 0) is 36.2 Å². The molecule has 1 aliphatic rings. The Balaban J connectivity index is 1.64. The van der Waals surface area contributed by atoms with Crippen molar-refractivity contribution in [3.63, 3.8) is 0 Å². The first-order valence-electron chi connectivity index (χ1n) is 8.45. The number of nitrogens with zero attached hydrogens (tertiary/aromatic N) is 2. The molecule has 1 N–H and O–H groups in total. The second-order valence-electron chi connectivity index (χ2n) is 5.97. The predicted molar refractivity (Wildman–Crippen MR) is 97.8 cm³/mol. The first kappa shape index (κ1) is 17.7. The minimum atomic E-state index is -0.303. The second-order valence-corrected chi connectivity index (χ2v) is 5.97. The van der Waals surface area contributed by atoms with E-state index in [1.165, 1.54) is 0 Å². The standard InChI is InChI=1S/C20H21N3O3/c1-26-17-8-4-6-15(12-17)20(25)22-14-19(24)23-11-3-2-9-18(23)16-7-5-10-21-13-16/h2-8,10,12-13,18H,9,11,14H2,1H3,(H,22,25). The third-order valence-corrected chi connectivity index (χ3v) is 4.33. The largest absolute Gasteiger partial charge is 0.497 e. The molecule has 2 aromatic rings. The van der Waals surface area contributed by atoms with E-state index < -0.39 is 0 Å². The summed E-state index contributed by atoms with van der Waals surface area (Å²) in [5.74, 6) is 0.170. The number of amides is 2. The van der Waals surface area contributed by atoms with E-state index in [9.17, 15) is 9.59 Å². The maximum atomic E-state index is 12.7. The van der Waals surface area contributed by atoms with Crippen molar-refractivity contribution in [1.29, 1.82) is 0 Å². The van der Waals surface area contributed by atoms with Crippen molar-refractivity contribution in [3.8, 4) is 5.75 Å². The van der Waals surface area contributed by atoms with Crippen LogP contribution < -0.4 is 10.1 Å². The normalized spacial score (nSPS) is 16.2. The van der Waals surface area contributed by atoms with Crippen LogP contribution >= 0.6 is 0 Å². The van der Waals surface area contributed by atoms with Crippen molar-refractivity contribution in [2.24, 2.45) is 0 Å².